The van der Waals surface area contributed by atoms with Gasteiger partial charge in [-0.2, -0.15) is 0 Å². The van der Waals surface area contributed by atoms with Crippen LogP contribution in [-0.2, 0) is 22.3 Å². The van der Waals surface area contributed by atoms with E-state index in [1.807, 2.05) is 28.8 Å². The van der Waals surface area contributed by atoms with E-state index in [2.05, 4.69) is 9.97 Å². The van der Waals surface area contributed by atoms with Crippen LogP contribution in [0.25, 0.3) is 21.9 Å². The van der Waals surface area contributed by atoms with E-state index in [-0.39, 0.29) is 11.6 Å². The van der Waals surface area contributed by atoms with Crippen LogP contribution < -0.4 is 0 Å². The summed E-state index contributed by atoms with van der Waals surface area (Å²) in [5.41, 5.74) is 2.48. The van der Waals surface area contributed by atoms with E-state index in [0.717, 1.165) is 21.9 Å². The molecule has 2 aromatic heterocycles. The molecule has 7 heteroatoms. The summed E-state index contributed by atoms with van der Waals surface area (Å²) in [6, 6.07) is 7.73. The zero-order chi connectivity index (χ0) is 15.0. The summed E-state index contributed by atoms with van der Waals surface area (Å²) < 4.78 is 24.8. The lowest BCUT2D eigenvalue weighted by molar-refractivity contribution is 0.594. The standard InChI is InChI=1S/C14H14ClN3O2S/c1-21(19,20)7-6-18-13(8-15)17-12-9-16-11-5-3-2-4-10(11)14(12)18/h2-5,9H,6-8H2,1H3. The molecule has 0 saturated heterocycles. The summed E-state index contributed by atoms with van der Waals surface area (Å²) in [5.74, 6) is 0.944. The molecule has 0 atom stereocenters. The fraction of sp³-hybridized carbons (Fsp3) is 0.286. The summed E-state index contributed by atoms with van der Waals surface area (Å²) >= 11 is 5.95. The van der Waals surface area contributed by atoms with Gasteiger partial charge in [0.05, 0.1) is 28.9 Å². The number of benzene rings is 1. The Bertz CT molecular complexity index is 919. The Kier molecular flexibility index (Phi) is 3.59. The quantitative estimate of drug-likeness (QED) is 0.691. The number of nitrogens with zero attached hydrogens (tertiary/aromatic N) is 3. The van der Waals surface area contributed by atoms with E-state index in [4.69, 9.17) is 11.6 Å². The summed E-state index contributed by atoms with van der Waals surface area (Å²) in [4.78, 5) is 8.83. The molecule has 0 aliphatic rings. The van der Waals surface area contributed by atoms with E-state index in [0.29, 0.717) is 12.4 Å². The van der Waals surface area contributed by atoms with Crippen LogP contribution in [0.4, 0.5) is 0 Å². The Balaban J connectivity index is 2.26. The number of sulfone groups is 1. The first-order valence-corrected chi connectivity index (χ1v) is 9.05. The van der Waals surface area contributed by atoms with Gasteiger partial charge in [0.25, 0.3) is 0 Å². The Morgan fingerprint density at radius 2 is 2.00 bits per heavy atom. The van der Waals surface area contributed by atoms with Gasteiger partial charge in [-0.05, 0) is 6.07 Å². The first-order valence-electron chi connectivity index (χ1n) is 6.46. The molecule has 0 unspecified atom stereocenters. The fourth-order valence-electron chi connectivity index (χ4n) is 2.41. The topological polar surface area (TPSA) is 64.8 Å². The van der Waals surface area contributed by atoms with Gasteiger partial charge >= 0.3 is 0 Å². The van der Waals surface area contributed by atoms with E-state index in [1.54, 1.807) is 6.20 Å². The molecule has 3 aromatic rings. The van der Waals surface area contributed by atoms with Crippen molar-refractivity contribution < 1.29 is 8.42 Å². The predicted molar refractivity (Wildman–Crippen MR) is 84.3 cm³/mol. The number of alkyl halides is 1. The minimum absolute atomic E-state index is 0.0546. The molecular weight excluding hydrogens is 310 g/mol. The van der Waals surface area contributed by atoms with Gasteiger partial charge in [-0.15, -0.1) is 11.6 Å². The van der Waals surface area contributed by atoms with Crippen molar-refractivity contribution in [2.75, 3.05) is 12.0 Å². The maximum atomic E-state index is 11.4. The highest BCUT2D eigenvalue weighted by molar-refractivity contribution is 7.90. The van der Waals surface area contributed by atoms with Gasteiger partial charge < -0.3 is 4.57 Å². The Hall–Kier alpha value is -1.66. The smallest absolute Gasteiger partial charge is 0.149 e. The monoisotopic (exact) mass is 323 g/mol. The maximum Gasteiger partial charge on any atom is 0.149 e. The molecule has 3 rings (SSSR count). The van der Waals surface area contributed by atoms with E-state index in [9.17, 15) is 8.42 Å². The number of aromatic nitrogens is 3. The third-order valence-corrected chi connectivity index (χ3v) is 4.53. The number of hydrogen-bond acceptors (Lipinski definition) is 4. The Morgan fingerprint density at radius 1 is 1.24 bits per heavy atom. The number of pyridine rings is 1. The van der Waals surface area contributed by atoms with Crippen LogP contribution >= 0.6 is 11.6 Å². The van der Waals surface area contributed by atoms with E-state index in [1.165, 1.54) is 6.26 Å². The number of rotatable bonds is 4. The van der Waals surface area contributed by atoms with Crippen LogP contribution in [0.5, 0.6) is 0 Å². The summed E-state index contributed by atoms with van der Waals surface area (Å²) in [7, 11) is -3.05. The van der Waals surface area contributed by atoms with Crippen LogP contribution in [0.1, 0.15) is 5.82 Å². The zero-order valence-electron chi connectivity index (χ0n) is 11.5. The molecule has 0 radical (unpaired) electrons. The lowest BCUT2D eigenvalue weighted by atomic mass is 10.2. The molecule has 21 heavy (non-hydrogen) atoms. The number of halogens is 1. The molecular formula is C14H14ClN3O2S. The van der Waals surface area contributed by atoms with E-state index >= 15 is 0 Å². The van der Waals surface area contributed by atoms with Crippen molar-refractivity contribution in [2.45, 2.75) is 12.4 Å². The van der Waals surface area contributed by atoms with Gasteiger partial charge in [-0.3, -0.25) is 4.98 Å². The van der Waals surface area contributed by atoms with Crippen LogP contribution in [-0.4, -0.2) is 35.0 Å². The van der Waals surface area contributed by atoms with Crippen LogP contribution in [0.2, 0.25) is 0 Å². The molecule has 1 aromatic carbocycles. The van der Waals surface area contributed by atoms with Crippen molar-refractivity contribution in [1.82, 2.24) is 14.5 Å². The van der Waals surface area contributed by atoms with Crippen molar-refractivity contribution >= 4 is 43.4 Å². The predicted octanol–water partition coefficient (Wildman–Crippen LogP) is 2.37. The molecule has 0 amide bonds. The number of para-hydroxylation sites is 1. The third kappa shape index (κ3) is 2.73. The van der Waals surface area contributed by atoms with Crippen molar-refractivity contribution in [2.24, 2.45) is 0 Å². The molecule has 0 N–H and O–H groups in total. The van der Waals surface area contributed by atoms with Crippen molar-refractivity contribution in [3.8, 4) is 0 Å². The fourth-order valence-corrected chi connectivity index (χ4v) is 3.13. The average molecular weight is 324 g/mol. The number of aryl methyl sites for hydroxylation is 1. The lowest BCUT2D eigenvalue weighted by Crippen LogP contribution is -2.13. The minimum Gasteiger partial charge on any atom is -0.325 e. The largest absolute Gasteiger partial charge is 0.325 e. The van der Waals surface area contributed by atoms with Crippen LogP contribution in [0.15, 0.2) is 30.5 Å². The average Bonchev–Trinajstić information content (AvgIpc) is 2.82. The van der Waals surface area contributed by atoms with Gasteiger partial charge in [0, 0.05) is 18.2 Å². The highest BCUT2D eigenvalue weighted by Gasteiger charge is 2.15. The SMILES string of the molecule is CS(=O)(=O)CCn1c(CCl)nc2cnc3ccccc3c21. The molecule has 2 heterocycles. The molecule has 0 spiro atoms. The van der Waals surface area contributed by atoms with Crippen molar-refractivity contribution in [3.05, 3.63) is 36.3 Å². The molecule has 0 aliphatic carbocycles. The summed E-state index contributed by atoms with van der Waals surface area (Å²) in [6.07, 6.45) is 2.93. The minimum atomic E-state index is -3.05. The molecule has 0 saturated carbocycles. The second kappa shape index (κ2) is 5.27. The number of fused-ring (bicyclic) bond motifs is 3. The Morgan fingerprint density at radius 3 is 2.71 bits per heavy atom. The first kappa shape index (κ1) is 14.3. The van der Waals surface area contributed by atoms with Gasteiger partial charge in [0.2, 0.25) is 0 Å². The molecule has 110 valence electrons. The zero-order valence-corrected chi connectivity index (χ0v) is 13.0. The second-order valence-electron chi connectivity index (χ2n) is 4.95. The molecule has 5 nitrogen and oxygen atoms in total. The normalized spacial score (nSPS) is 12.3. The summed E-state index contributed by atoms with van der Waals surface area (Å²) in [5, 5.41) is 0.951. The van der Waals surface area contributed by atoms with Crippen molar-refractivity contribution in [1.29, 1.82) is 0 Å². The van der Waals surface area contributed by atoms with Gasteiger partial charge in [-0.25, -0.2) is 13.4 Å². The van der Waals surface area contributed by atoms with Gasteiger partial charge in [0.1, 0.15) is 21.2 Å². The Labute approximate surface area is 127 Å². The third-order valence-electron chi connectivity index (χ3n) is 3.36. The van der Waals surface area contributed by atoms with Crippen LogP contribution in [0, 0.1) is 0 Å². The van der Waals surface area contributed by atoms with E-state index < -0.39 is 9.84 Å². The first-order chi connectivity index (χ1) is 9.99. The van der Waals surface area contributed by atoms with Crippen molar-refractivity contribution in [3.63, 3.8) is 0 Å². The number of imidazole rings is 1. The molecule has 0 aliphatic heterocycles. The maximum absolute atomic E-state index is 11.4. The molecule has 0 fully saturated rings. The summed E-state index contributed by atoms with van der Waals surface area (Å²) in [6.45, 7) is 0.339. The molecule has 0 bridgehead atoms. The van der Waals surface area contributed by atoms with Gasteiger partial charge in [0.15, 0.2) is 0 Å². The number of hydrogen-bond donors (Lipinski definition) is 0. The van der Waals surface area contributed by atoms with Crippen LogP contribution in [0.3, 0.4) is 0 Å². The second-order valence-corrected chi connectivity index (χ2v) is 7.48. The lowest BCUT2D eigenvalue weighted by Gasteiger charge is -2.08. The highest BCUT2D eigenvalue weighted by atomic mass is 35.5. The van der Waals surface area contributed by atoms with Gasteiger partial charge in [-0.1, -0.05) is 18.2 Å². The highest BCUT2D eigenvalue weighted by Crippen LogP contribution is 2.25.